The topological polar surface area (TPSA) is 28.7 Å². The van der Waals surface area contributed by atoms with Crippen molar-refractivity contribution in [3.63, 3.8) is 0 Å². The number of hydrogen-bond acceptors (Lipinski definition) is 2. The van der Waals surface area contributed by atoms with Crippen LogP contribution in [0.1, 0.15) is 11.3 Å². The lowest BCUT2D eigenvalue weighted by atomic mass is 10.2. The lowest BCUT2D eigenvalue weighted by Crippen LogP contribution is -2.07. The van der Waals surface area contributed by atoms with Crippen molar-refractivity contribution in [1.29, 1.82) is 0 Å². The predicted octanol–water partition coefficient (Wildman–Crippen LogP) is 1.71. The summed E-state index contributed by atoms with van der Waals surface area (Å²) in [5.74, 6) is 4.94. The Balaban J connectivity index is 3.03. The fourth-order valence-electron chi connectivity index (χ4n) is 0.732. The molecule has 1 heterocycles. The second kappa shape index (κ2) is 3.75. The highest BCUT2D eigenvalue weighted by molar-refractivity contribution is 7.80. The molecule has 6 heteroatoms. The van der Waals surface area contributed by atoms with E-state index in [0.29, 0.717) is 0 Å². The van der Waals surface area contributed by atoms with Crippen LogP contribution in [0.25, 0.3) is 0 Å². The minimum Gasteiger partial charge on any atom is -0.273 e. The molecule has 0 amide bonds. The maximum absolute atomic E-state index is 12.2. The standard InChI is InChI=1S/C7H5F3N2S/c8-7(9,10)6-5(2-1-3-13)4-11-12-6/h4,13H,3H2,(H,11,12). The van der Waals surface area contributed by atoms with Crippen molar-refractivity contribution in [1.82, 2.24) is 10.2 Å². The van der Waals surface area contributed by atoms with Crippen molar-refractivity contribution in [3.8, 4) is 11.8 Å². The zero-order valence-corrected chi connectivity index (χ0v) is 7.21. The van der Waals surface area contributed by atoms with Crippen LogP contribution in [0.4, 0.5) is 13.2 Å². The van der Waals surface area contributed by atoms with E-state index in [0.717, 1.165) is 6.20 Å². The quantitative estimate of drug-likeness (QED) is 0.491. The van der Waals surface area contributed by atoms with Crippen molar-refractivity contribution in [2.24, 2.45) is 0 Å². The van der Waals surface area contributed by atoms with Crippen LogP contribution in [0.3, 0.4) is 0 Å². The Morgan fingerprint density at radius 2 is 2.23 bits per heavy atom. The van der Waals surface area contributed by atoms with Crippen LogP contribution in [0.5, 0.6) is 0 Å². The molecule has 0 atom stereocenters. The van der Waals surface area contributed by atoms with Crippen molar-refractivity contribution >= 4 is 12.6 Å². The van der Waals surface area contributed by atoms with E-state index in [-0.39, 0.29) is 11.3 Å². The summed E-state index contributed by atoms with van der Waals surface area (Å²) < 4.78 is 36.5. The van der Waals surface area contributed by atoms with Gasteiger partial charge in [-0.3, -0.25) is 5.10 Å². The monoisotopic (exact) mass is 206 g/mol. The SMILES string of the molecule is FC(F)(F)c1[nH]ncc1C#CCS. The van der Waals surface area contributed by atoms with Gasteiger partial charge >= 0.3 is 6.18 Å². The van der Waals surface area contributed by atoms with Gasteiger partial charge < -0.3 is 0 Å². The molecule has 0 aliphatic heterocycles. The highest BCUT2D eigenvalue weighted by Crippen LogP contribution is 2.29. The number of thiol groups is 1. The first-order chi connectivity index (χ1) is 6.05. The number of alkyl halides is 3. The van der Waals surface area contributed by atoms with E-state index < -0.39 is 11.9 Å². The molecule has 2 nitrogen and oxygen atoms in total. The van der Waals surface area contributed by atoms with Gasteiger partial charge in [0.25, 0.3) is 0 Å². The van der Waals surface area contributed by atoms with Gasteiger partial charge in [0, 0.05) is 0 Å². The van der Waals surface area contributed by atoms with E-state index in [1.807, 2.05) is 5.10 Å². The summed E-state index contributed by atoms with van der Waals surface area (Å²) in [5.41, 5.74) is -1.07. The summed E-state index contributed by atoms with van der Waals surface area (Å²) in [6.45, 7) is 0. The van der Waals surface area contributed by atoms with Gasteiger partial charge in [0.1, 0.15) is 0 Å². The van der Waals surface area contributed by atoms with E-state index in [1.54, 1.807) is 0 Å². The van der Waals surface area contributed by atoms with Crippen LogP contribution < -0.4 is 0 Å². The van der Waals surface area contributed by atoms with Crippen LogP contribution in [0, 0.1) is 11.8 Å². The number of nitrogens with zero attached hydrogens (tertiary/aromatic N) is 1. The molecule has 0 aliphatic rings. The fourth-order valence-corrected chi connectivity index (χ4v) is 0.811. The molecular weight excluding hydrogens is 201 g/mol. The maximum atomic E-state index is 12.2. The molecule has 0 aromatic carbocycles. The van der Waals surface area contributed by atoms with Crippen LogP contribution >= 0.6 is 12.6 Å². The summed E-state index contributed by atoms with van der Waals surface area (Å²) in [4.78, 5) is 0. The molecule has 1 rings (SSSR count). The van der Waals surface area contributed by atoms with E-state index in [2.05, 4.69) is 29.6 Å². The average Bonchev–Trinajstić information content (AvgIpc) is 2.47. The predicted molar refractivity (Wildman–Crippen MR) is 44.3 cm³/mol. The number of rotatable bonds is 0. The minimum atomic E-state index is -4.43. The van der Waals surface area contributed by atoms with Crippen LogP contribution in [-0.4, -0.2) is 16.0 Å². The summed E-state index contributed by atoms with van der Waals surface area (Å²) in [5, 5.41) is 5.12. The summed E-state index contributed by atoms with van der Waals surface area (Å²) >= 11 is 3.75. The van der Waals surface area contributed by atoms with Gasteiger partial charge in [-0.05, 0) is 0 Å². The first-order valence-corrected chi connectivity index (χ1v) is 3.89. The Morgan fingerprint density at radius 3 is 2.77 bits per heavy atom. The second-order valence-corrected chi connectivity index (χ2v) is 2.43. The van der Waals surface area contributed by atoms with Gasteiger partial charge in [0.15, 0.2) is 5.69 Å². The molecule has 0 fully saturated rings. The van der Waals surface area contributed by atoms with Crippen LogP contribution in [0.2, 0.25) is 0 Å². The zero-order chi connectivity index (χ0) is 9.90. The summed E-state index contributed by atoms with van der Waals surface area (Å²) in [7, 11) is 0. The van der Waals surface area contributed by atoms with Crippen LogP contribution in [-0.2, 0) is 6.18 Å². The van der Waals surface area contributed by atoms with Crippen molar-refractivity contribution < 1.29 is 13.2 Å². The first kappa shape index (κ1) is 9.99. The Kier molecular flexibility index (Phi) is 2.88. The molecule has 0 unspecified atom stereocenters. The number of halogens is 3. The number of aromatic amines is 1. The largest absolute Gasteiger partial charge is 0.434 e. The molecule has 70 valence electrons. The lowest BCUT2D eigenvalue weighted by molar-refractivity contribution is -0.141. The molecule has 0 saturated heterocycles. The normalized spacial score (nSPS) is 10.8. The summed E-state index contributed by atoms with van der Waals surface area (Å²) in [6.07, 6.45) is -3.39. The Hall–Kier alpha value is -1.09. The van der Waals surface area contributed by atoms with Gasteiger partial charge in [-0.1, -0.05) is 11.8 Å². The fraction of sp³-hybridized carbons (Fsp3) is 0.286. The van der Waals surface area contributed by atoms with E-state index in [1.165, 1.54) is 0 Å². The van der Waals surface area contributed by atoms with Gasteiger partial charge in [0.2, 0.25) is 0 Å². The molecule has 0 spiro atoms. The lowest BCUT2D eigenvalue weighted by Gasteiger charge is -2.02. The summed E-state index contributed by atoms with van der Waals surface area (Å²) in [6, 6.07) is 0. The van der Waals surface area contributed by atoms with Gasteiger partial charge in [-0.15, -0.1) is 0 Å². The second-order valence-electron chi connectivity index (χ2n) is 2.12. The molecule has 1 aromatic heterocycles. The molecule has 0 radical (unpaired) electrons. The van der Waals surface area contributed by atoms with E-state index in [4.69, 9.17) is 0 Å². The Labute approximate surface area is 77.9 Å². The molecule has 1 aromatic rings. The number of H-pyrrole nitrogens is 1. The molecule has 13 heavy (non-hydrogen) atoms. The molecule has 0 aliphatic carbocycles. The zero-order valence-electron chi connectivity index (χ0n) is 6.31. The Morgan fingerprint density at radius 1 is 1.54 bits per heavy atom. The van der Waals surface area contributed by atoms with Crippen molar-refractivity contribution in [2.75, 3.05) is 5.75 Å². The van der Waals surface area contributed by atoms with Crippen molar-refractivity contribution in [3.05, 3.63) is 17.5 Å². The van der Waals surface area contributed by atoms with E-state index in [9.17, 15) is 13.2 Å². The van der Waals surface area contributed by atoms with Crippen LogP contribution in [0.15, 0.2) is 6.20 Å². The van der Waals surface area contributed by atoms with Crippen molar-refractivity contribution in [2.45, 2.75) is 6.18 Å². The number of aromatic nitrogens is 2. The third-order valence-electron chi connectivity index (χ3n) is 1.22. The third-order valence-corrected chi connectivity index (χ3v) is 1.38. The third kappa shape index (κ3) is 2.42. The van der Waals surface area contributed by atoms with Gasteiger partial charge in [-0.25, -0.2) is 0 Å². The van der Waals surface area contributed by atoms with Gasteiger partial charge in [0.05, 0.1) is 17.5 Å². The maximum Gasteiger partial charge on any atom is 0.434 e. The highest BCUT2D eigenvalue weighted by Gasteiger charge is 2.35. The number of hydrogen-bond donors (Lipinski definition) is 2. The minimum absolute atomic E-state index is 0.151. The molecular formula is C7H5F3N2S. The molecule has 0 bridgehead atoms. The Bertz CT molecular complexity index is 345. The van der Waals surface area contributed by atoms with E-state index >= 15 is 0 Å². The number of nitrogens with one attached hydrogen (secondary N) is 1. The smallest absolute Gasteiger partial charge is 0.273 e. The molecule has 0 saturated carbocycles. The average molecular weight is 206 g/mol. The van der Waals surface area contributed by atoms with Gasteiger partial charge in [-0.2, -0.15) is 30.9 Å². The first-order valence-electron chi connectivity index (χ1n) is 3.26. The molecule has 1 N–H and O–H groups in total. The highest BCUT2D eigenvalue weighted by atomic mass is 32.1.